The van der Waals surface area contributed by atoms with E-state index in [1.807, 2.05) is 0 Å². The number of rotatable bonds is 2. The van der Waals surface area contributed by atoms with Crippen molar-refractivity contribution >= 4 is 26.0 Å². The van der Waals surface area contributed by atoms with Crippen LogP contribution in [0.4, 0.5) is 4.39 Å². The van der Waals surface area contributed by atoms with Gasteiger partial charge in [-0.2, -0.15) is 0 Å². The Morgan fingerprint density at radius 1 is 1.50 bits per heavy atom. The average molecular weight is 284 g/mol. The van der Waals surface area contributed by atoms with Crippen LogP contribution in [0.1, 0.15) is 0 Å². The molecule has 0 aliphatic rings. The van der Waals surface area contributed by atoms with Crippen molar-refractivity contribution < 1.29 is 17.5 Å². The van der Waals surface area contributed by atoms with Gasteiger partial charge in [-0.1, -0.05) is 0 Å². The molecule has 0 bridgehead atoms. The molecular formula is C7H7BrFNO3S. The molecule has 0 aliphatic carbocycles. The van der Waals surface area contributed by atoms with Gasteiger partial charge in [0.1, 0.15) is 10.7 Å². The van der Waals surface area contributed by atoms with E-state index in [0.717, 1.165) is 12.1 Å². The second-order valence-corrected chi connectivity index (χ2v) is 4.76. The molecule has 1 aromatic carbocycles. The Bertz CT molecular complexity index is 460. The summed E-state index contributed by atoms with van der Waals surface area (Å²) in [6, 6.07) is 2.04. The molecule has 0 fully saturated rings. The number of methoxy groups -OCH3 is 1. The summed E-state index contributed by atoms with van der Waals surface area (Å²) in [6.45, 7) is 0. The molecule has 78 valence electrons. The molecule has 0 aromatic heterocycles. The van der Waals surface area contributed by atoms with Crippen LogP contribution in [0.5, 0.6) is 5.75 Å². The van der Waals surface area contributed by atoms with Crippen LogP contribution in [0, 0.1) is 5.82 Å². The van der Waals surface area contributed by atoms with Gasteiger partial charge in [-0.05, 0) is 28.1 Å². The molecule has 14 heavy (non-hydrogen) atoms. The first kappa shape index (κ1) is 11.4. The van der Waals surface area contributed by atoms with E-state index in [2.05, 4.69) is 15.9 Å². The average Bonchev–Trinajstić information content (AvgIpc) is 2.07. The minimum atomic E-state index is -3.91. The summed E-state index contributed by atoms with van der Waals surface area (Å²) < 4.78 is 39.7. The molecule has 7 heteroatoms. The summed E-state index contributed by atoms with van der Waals surface area (Å²) in [5, 5.41) is 4.90. The van der Waals surface area contributed by atoms with Gasteiger partial charge in [0, 0.05) is 0 Å². The highest BCUT2D eigenvalue weighted by Gasteiger charge is 2.19. The van der Waals surface area contributed by atoms with E-state index in [9.17, 15) is 12.8 Å². The molecule has 0 saturated heterocycles. The number of hydrogen-bond donors (Lipinski definition) is 1. The predicted molar refractivity (Wildman–Crippen MR) is 52.0 cm³/mol. The van der Waals surface area contributed by atoms with Gasteiger partial charge in [0.15, 0.2) is 5.75 Å². The molecule has 0 aliphatic heterocycles. The minimum Gasteiger partial charge on any atom is -0.494 e. The van der Waals surface area contributed by atoms with Crippen LogP contribution in [-0.2, 0) is 10.0 Å². The van der Waals surface area contributed by atoms with Crippen molar-refractivity contribution in [3.63, 3.8) is 0 Å². The van der Waals surface area contributed by atoms with Crippen molar-refractivity contribution in [1.29, 1.82) is 0 Å². The van der Waals surface area contributed by atoms with E-state index in [1.165, 1.54) is 7.11 Å². The molecule has 0 unspecified atom stereocenters. The van der Waals surface area contributed by atoms with Gasteiger partial charge in [0.25, 0.3) is 0 Å². The Balaban J connectivity index is 3.55. The van der Waals surface area contributed by atoms with Crippen molar-refractivity contribution in [2.75, 3.05) is 7.11 Å². The lowest BCUT2D eigenvalue weighted by atomic mass is 10.3. The zero-order chi connectivity index (χ0) is 10.9. The normalized spacial score (nSPS) is 11.4. The zero-order valence-electron chi connectivity index (χ0n) is 7.12. The molecule has 0 atom stereocenters. The number of halogens is 2. The molecule has 0 saturated carbocycles. The second kappa shape index (κ2) is 3.84. The van der Waals surface area contributed by atoms with Crippen LogP contribution in [-0.4, -0.2) is 15.5 Å². The van der Waals surface area contributed by atoms with E-state index < -0.39 is 15.8 Å². The number of ether oxygens (including phenoxy) is 1. The van der Waals surface area contributed by atoms with Crippen molar-refractivity contribution in [3.05, 3.63) is 22.4 Å². The topological polar surface area (TPSA) is 69.4 Å². The maximum atomic E-state index is 13.0. The maximum Gasteiger partial charge on any atom is 0.241 e. The SMILES string of the molecule is COc1c(S(N)(=O)=O)ccc(F)c1Br. The molecule has 4 nitrogen and oxygen atoms in total. The fourth-order valence-corrected chi connectivity index (χ4v) is 2.27. The van der Waals surface area contributed by atoms with Crippen molar-refractivity contribution in [1.82, 2.24) is 0 Å². The Morgan fingerprint density at radius 2 is 2.07 bits per heavy atom. The fraction of sp³-hybridized carbons (Fsp3) is 0.143. The van der Waals surface area contributed by atoms with E-state index >= 15 is 0 Å². The summed E-state index contributed by atoms with van der Waals surface area (Å²) >= 11 is 2.86. The minimum absolute atomic E-state index is 0.0634. The molecule has 0 heterocycles. The highest BCUT2D eigenvalue weighted by molar-refractivity contribution is 9.10. The van der Waals surface area contributed by atoms with Crippen LogP contribution in [0.2, 0.25) is 0 Å². The van der Waals surface area contributed by atoms with Gasteiger partial charge in [-0.15, -0.1) is 0 Å². The number of hydrogen-bond acceptors (Lipinski definition) is 3. The van der Waals surface area contributed by atoms with Crippen molar-refractivity contribution in [2.45, 2.75) is 4.90 Å². The van der Waals surface area contributed by atoms with Crippen LogP contribution in [0.15, 0.2) is 21.5 Å². The predicted octanol–water partition coefficient (Wildman–Crippen LogP) is 1.24. The molecule has 2 N–H and O–H groups in total. The monoisotopic (exact) mass is 283 g/mol. The van der Waals surface area contributed by atoms with Crippen LogP contribution >= 0.6 is 15.9 Å². The van der Waals surface area contributed by atoms with E-state index in [4.69, 9.17) is 9.88 Å². The molecular weight excluding hydrogens is 277 g/mol. The van der Waals surface area contributed by atoms with Gasteiger partial charge in [-0.3, -0.25) is 0 Å². The van der Waals surface area contributed by atoms with Gasteiger partial charge >= 0.3 is 0 Å². The molecule has 0 radical (unpaired) electrons. The summed E-state index contributed by atoms with van der Waals surface area (Å²) in [4.78, 5) is -0.256. The Kier molecular flexibility index (Phi) is 3.13. The lowest BCUT2D eigenvalue weighted by molar-refractivity contribution is 0.395. The first-order valence-electron chi connectivity index (χ1n) is 3.42. The van der Waals surface area contributed by atoms with Gasteiger partial charge in [0.05, 0.1) is 11.6 Å². The number of benzene rings is 1. The third kappa shape index (κ3) is 2.05. The second-order valence-electron chi connectivity index (χ2n) is 2.44. The number of sulfonamides is 1. The Labute approximate surface area is 89.0 Å². The number of primary sulfonamides is 1. The number of nitrogens with two attached hydrogens (primary N) is 1. The third-order valence-electron chi connectivity index (χ3n) is 1.52. The summed E-state index contributed by atoms with van der Waals surface area (Å²) in [5.74, 6) is -0.748. The molecule has 0 amide bonds. The van der Waals surface area contributed by atoms with E-state index in [-0.39, 0.29) is 15.1 Å². The Hall–Kier alpha value is -0.660. The van der Waals surface area contributed by atoms with Crippen LogP contribution < -0.4 is 9.88 Å². The molecule has 1 rings (SSSR count). The highest BCUT2D eigenvalue weighted by atomic mass is 79.9. The highest BCUT2D eigenvalue weighted by Crippen LogP contribution is 2.33. The third-order valence-corrected chi connectivity index (χ3v) is 3.20. The molecule has 1 aromatic rings. The van der Waals surface area contributed by atoms with Crippen molar-refractivity contribution in [2.24, 2.45) is 5.14 Å². The summed E-state index contributed by atoms with van der Waals surface area (Å²) in [5.41, 5.74) is 0. The van der Waals surface area contributed by atoms with Gasteiger partial charge < -0.3 is 4.74 Å². The lowest BCUT2D eigenvalue weighted by Gasteiger charge is -2.08. The maximum absolute atomic E-state index is 13.0. The zero-order valence-corrected chi connectivity index (χ0v) is 9.52. The van der Waals surface area contributed by atoms with E-state index in [1.54, 1.807) is 0 Å². The summed E-state index contributed by atoms with van der Waals surface area (Å²) in [7, 11) is -2.68. The van der Waals surface area contributed by atoms with Crippen LogP contribution in [0.25, 0.3) is 0 Å². The largest absolute Gasteiger partial charge is 0.494 e. The van der Waals surface area contributed by atoms with Crippen molar-refractivity contribution in [3.8, 4) is 5.75 Å². The summed E-state index contributed by atoms with van der Waals surface area (Å²) in [6.07, 6.45) is 0. The first-order chi connectivity index (χ1) is 6.38. The quantitative estimate of drug-likeness (QED) is 0.888. The Morgan fingerprint density at radius 3 is 2.50 bits per heavy atom. The first-order valence-corrected chi connectivity index (χ1v) is 5.76. The van der Waals surface area contributed by atoms with E-state index in [0.29, 0.717) is 0 Å². The standard InChI is InChI=1S/C7H7BrFNO3S/c1-13-7-5(14(10,11)12)3-2-4(9)6(7)8/h2-3H,1H3,(H2,10,11,12). The van der Waals surface area contributed by atoms with Gasteiger partial charge in [0.2, 0.25) is 10.0 Å². The molecule has 0 spiro atoms. The van der Waals surface area contributed by atoms with Gasteiger partial charge in [-0.25, -0.2) is 17.9 Å². The lowest BCUT2D eigenvalue weighted by Crippen LogP contribution is -2.13. The smallest absolute Gasteiger partial charge is 0.241 e. The fourth-order valence-electron chi connectivity index (χ4n) is 0.929. The van der Waals surface area contributed by atoms with Crippen LogP contribution in [0.3, 0.4) is 0 Å².